The zero-order valence-corrected chi connectivity index (χ0v) is 16.5. The van der Waals surface area contributed by atoms with Gasteiger partial charge in [0.2, 0.25) is 5.91 Å². The highest BCUT2D eigenvalue weighted by molar-refractivity contribution is 5.96. The van der Waals surface area contributed by atoms with Crippen molar-refractivity contribution in [2.24, 2.45) is 0 Å². The molecule has 0 heterocycles. The number of nitrogens with zero attached hydrogens (tertiary/aromatic N) is 1. The van der Waals surface area contributed by atoms with Crippen molar-refractivity contribution in [1.29, 1.82) is 0 Å². The Balaban J connectivity index is 1.80. The Morgan fingerprint density at radius 1 is 1.03 bits per heavy atom. The summed E-state index contributed by atoms with van der Waals surface area (Å²) in [5.74, 6) is -1.56. The number of esters is 1. The van der Waals surface area contributed by atoms with Crippen molar-refractivity contribution < 1.29 is 28.8 Å². The molecule has 0 radical (unpaired) electrons. The van der Waals surface area contributed by atoms with E-state index in [9.17, 15) is 24.5 Å². The van der Waals surface area contributed by atoms with E-state index in [4.69, 9.17) is 9.47 Å². The molecule has 0 aliphatic heterocycles. The highest BCUT2D eigenvalue weighted by Crippen LogP contribution is 2.28. The van der Waals surface area contributed by atoms with Gasteiger partial charge in [-0.2, -0.15) is 0 Å². The van der Waals surface area contributed by atoms with Gasteiger partial charge in [-0.15, -0.1) is 0 Å². The van der Waals surface area contributed by atoms with Crippen LogP contribution in [0.2, 0.25) is 0 Å². The zero-order chi connectivity index (χ0) is 22.1. The van der Waals surface area contributed by atoms with Gasteiger partial charge in [0.05, 0.1) is 18.5 Å². The number of hydrogen-bond acceptors (Lipinski definition) is 7. The van der Waals surface area contributed by atoms with E-state index in [0.29, 0.717) is 11.4 Å². The van der Waals surface area contributed by atoms with Crippen LogP contribution in [0.4, 0.5) is 17.1 Å². The molecule has 2 aromatic rings. The fraction of sp³-hybridized carbons (Fsp3) is 0.250. The van der Waals surface area contributed by atoms with E-state index in [0.717, 1.165) is 5.56 Å². The number of anilines is 2. The smallest absolute Gasteiger partial charge is 0.306 e. The summed E-state index contributed by atoms with van der Waals surface area (Å²) in [7, 11) is 1.38. The van der Waals surface area contributed by atoms with E-state index < -0.39 is 23.4 Å². The van der Waals surface area contributed by atoms with Gasteiger partial charge in [-0.05, 0) is 30.7 Å². The predicted molar refractivity (Wildman–Crippen MR) is 108 cm³/mol. The number of carbonyl (C=O) groups excluding carboxylic acids is 3. The fourth-order valence-electron chi connectivity index (χ4n) is 2.47. The Kier molecular flexibility index (Phi) is 7.86. The highest BCUT2D eigenvalue weighted by atomic mass is 16.6. The van der Waals surface area contributed by atoms with Gasteiger partial charge in [0.15, 0.2) is 6.61 Å². The minimum absolute atomic E-state index is 0.0852. The molecule has 10 heteroatoms. The number of aryl methyl sites for hydroxylation is 1. The number of nitro benzene ring substituents is 1. The number of carbonyl (C=O) groups is 3. The van der Waals surface area contributed by atoms with E-state index in [1.165, 1.54) is 25.3 Å². The summed E-state index contributed by atoms with van der Waals surface area (Å²) in [6.07, 6.45) is -0.333. The lowest BCUT2D eigenvalue weighted by atomic mass is 10.2. The van der Waals surface area contributed by atoms with Crippen LogP contribution >= 0.6 is 0 Å². The van der Waals surface area contributed by atoms with Crippen LogP contribution in [0, 0.1) is 17.0 Å². The molecule has 2 aromatic carbocycles. The monoisotopic (exact) mass is 415 g/mol. The molecule has 0 spiro atoms. The molecule has 0 fully saturated rings. The maximum Gasteiger partial charge on any atom is 0.306 e. The number of benzene rings is 2. The third-order valence-electron chi connectivity index (χ3n) is 3.90. The lowest BCUT2D eigenvalue weighted by Gasteiger charge is -2.09. The van der Waals surface area contributed by atoms with E-state index in [1.807, 2.05) is 13.0 Å². The summed E-state index contributed by atoms with van der Waals surface area (Å²) < 4.78 is 9.80. The van der Waals surface area contributed by atoms with E-state index >= 15 is 0 Å². The Morgan fingerprint density at radius 3 is 2.47 bits per heavy atom. The molecule has 0 unspecified atom stereocenters. The van der Waals surface area contributed by atoms with Gasteiger partial charge >= 0.3 is 5.97 Å². The highest BCUT2D eigenvalue weighted by Gasteiger charge is 2.18. The molecule has 0 bridgehead atoms. The molecule has 0 atom stereocenters. The number of nitro groups is 1. The Labute approximate surface area is 172 Å². The first kappa shape index (κ1) is 22.3. The number of nitrogens with one attached hydrogen (secondary N) is 2. The molecule has 0 saturated heterocycles. The van der Waals surface area contributed by atoms with E-state index in [2.05, 4.69) is 10.6 Å². The van der Waals surface area contributed by atoms with Gasteiger partial charge in [0.25, 0.3) is 11.6 Å². The van der Waals surface area contributed by atoms with Crippen LogP contribution in [-0.4, -0.2) is 36.4 Å². The lowest BCUT2D eigenvalue weighted by molar-refractivity contribution is -0.383. The van der Waals surface area contributed by atoms with Crippen molar-refractivity contribution in [3.8, 4) is 5.75 Å². The molecule has 2 rings (SSSR count). The van der Waals surface area contributed by atoms with E-state index in [1.54, 1.807) is 18.2 Å². The second-order valence-electron chi connectivity index (χ2n) is 6.27. The number of amides is 2. The third-order valence-corrected chi connectivity index (χ3v) is 3.90. The minimum atomic E-state index is -0.760. The summed E-state index contributed by atoms with van der Waals surface area (Å²) in [6.45, 7) is 1.24. The second kappa shape index (κ2) is 10.6. The average Bonchev–Trinajstić information content (AvgIpc) is 2.70. The maximum absolute atomic E-state index is 12.0. The molecule has 2 N–H and O–H groups in total. The summed E-state index contributed by atoms with van der Waals surface area (Å²) >= 11 is 0. The van der Waals surface area contributed by atoms with Crippen LogP contribution < -0.4 is 15.4 Å². The first-order valence-electron chi connectivity index (χ1n) is 8.93. The van der Waals surface area contributed by atoms with Crippen molar-refractivity contribution in [3.63, 3.8) is 0 Å². The first-order chi connectivity index (χ1) is 14.3. The summed E-state index contributed by atoms with van der Waals surface area (Å²) in [4.78, 5) is 46.0. The Bertz CT molecular complexity index is 959. The Hall–Kier alpha value is -3.95. The van der Waals surface area contributed by atoms with Gasteiger partial charge in [0.1, 0.15) is 11.4 Å². The SMILES string of the molecule is COc1ccc([N+](=O)[O-])c(NC(=O)COC(=O)CCC(=O)Nc2cccc(C)c2)c1. The van der Waals surface area contributed by atoms with Crippen LogP contribution in [0.3, 0.4) is 0 Å². The molecule has 0 aromatic heterocycles. The van der Waals surface area contributed by atoms with Crippen molar-refractivity contribution in [3.05, 3.63) is 58.1 Å². The lowest BCUT2D eigenvalue weighted by Crippen LogP contribution is -2.22. The standard InChI is InChI=1S/C20H21N3O7/c1-13-4-3-5-14(10-13)21-18(24)8-9-20(26)30-12-19(25)22-16-11-15(29-2)6-7-17(16)23(27)28/h3-7,10-11H,8-9,12H2,1-2H3,(H,21,24)(H,22,25). The molecule has 0 aliphatic carbocycles. The second-order valence-corrected chi connectivity index (χ2v) is 6.27. The van der Waals surface area contributed by atoms with Crippen molar-refractivity contribution >= 4 is 34.8 Å². The summed E-state index contributed by atoms with van der Waals surface area (Å²) in [5, 5.41) is 16.0. The van der Waals surface area contributed by atoms with Crippen LogP contribution in [-0.2, 0) is 19.1 Å². The zero-order valence-electron chi connectivity index (χ0n) is 16.5. The molecule has 158 valence electrons. The maximum atomic E-state index is 12.0. The predicted octanol–water partition coefficient (Wildman–Crippen LogP) is 2.81. The van der Waals surface area contributed by atoms with Crippen LogP contribution in [0.5, 0.6) is 5.75 Å². The van der Waals surface area contributed by atoms with Crippen molar-refractivity contribution in [2.75, 3.05) is 24.4 Å². The third kappa shape index (κ3) is 6.89. The topological polar surface area (TPSA) is 137 Å². The van der Waals surface area contributed by atoms with Gasteiger partial charge in [-0.3, -0.25) is 24.5 Å². The van der Waals surface area contributed by atoms with Crippen LogP contribution in [0.25, 0.3) is 0 Å². The summed E-state index contributed by atoms with van der Waals surface area (Å²) in [6, 6.07) is 11.1. The summed E-state index contributed by atoms with van der Waals surface area (Å²) in [5.41, 5.74) is 1.18. The van der Waals surface area contributed by atoms with E-state index in [-0.39, 0.29) is 30.1 Å². The number of ether oxygens (including phenoxy) is 2. The van der Waals surface area contributed by atoms with Crippen LogP contribution in [0.1, 0.15) is 18.4 Å². The molecule has 30 heavy (non-hydrogen) atoms. The molecular formula is C20H21N3O7. The largest absolute Gasteiger partial charge is 0.497 e. The molecule has 0 aliphatic rings. The van der Waals surface area contributed by atoms with Gasteiger partial charge in [-0.1, -0.05) is 12.1 Å². The van der Waals surface area contributed by atoms with Crippen LogP contribution in [0.15, 0.2) is 42.5 Å². The van der Waals surface area contributed by atoms with Crippen molar-refractivity contribution in [1.82, 2.24) is 0 Å². The van der Waals surface area contributed by atoms with Gasteiger partial charge in [-0.25, -0.2) is 0 Å². The van der Waals surface area contributed by atoms with Gasteiger partial charge < -0.3 is 20.1 Å². The molecule has 0 saturated carbocycles. The molecule has 10 nitrogen and oxygen atoms in total. The van der Waals surface area contributed by atoms with Crippen molar-refractivity contribution in [2.45, 2.75) is 19.8 Å². The minimum Gasteiger partial charge on any atom is -0.497 e. The number of rotatable bonds is 9. The fourth-order valence-corrected chi connectivity index (χ4v) is 2.47. The van der Waals surface area contributed by atoms with Gasteiger partial charge in [0, 0.05) is 24.2 Å². The molecular weight excluding hydrogens is 394 g/mol. The average molecular weight is 415 g/mol. The normalized spacial score (nSPS) is 10.1. The number of methoxy groups -OCH3 is 1. The first-order valence-corrected chi connectivity index (χ1v) is 8.93. The molecule has 2 amide bonds. The number of hydrogen-bond donors (Lipinski definition) is 2. The Morgan fingerprint density at radius 2 is 1.80 bits per heavy atom. The quantitative estimate of drug-likeness (QED) is 0.365.